The Hall–Kier alpha value is -1.81. The van der Waals surface area contributed by atoms with E-state index in [9.17, 15) is 4.39 Å². The fraction of sp³-hybridized carbons (Fsp3) is 0.333. The predicted molar refractivity (Wildman–Crippen MR) is 71.4 cm³/mol. The van der Waals surface area contributed by atoms with Crippen molar-refractivity contribution in [1.29, 1.82) is 0 Å². The van der Waals surface area contributed by atoms with Crippen LogP contribution in [-0.2, 0) is 13.2 Å². The van der Waals surface area contributed by atoms with Crippen LogP contribution in [0.1, 0.15) is 25.2 Å². The second-order valence-corrected chi connectivity index (χ2v) is 4.65. The maximum absolute atomic E-state index is 13.0. The normalized spacial score (nSPS) is 10.9. The highest BCUT2D eigenvalue weighted by molar-refractivity contribution is 5.23. The summed E-state index contributed by atoms with van der Waals surface area (Å²) in [6, 6.07) is 8.41. The van der Waals surface area contributed by atoms with Crippen molar-refractivity contribution in [3.63, 3.8) is 0 Å². The van der Waals surface area contributed by atoms with Gasteiger partial charge in [0.05, 0.1) is 6.26 Å². The average Bonchev–Trinajstić information content (AvgIpc) is 2.81. The molecule has 1 aromatic carbocycles. The number of benzene rings is 1. The van der Waals surface area contributed by atoms with E-state index in [2.05, 4.69) is 19.2 Å². The van der Waals surface area contributed by atoms with E-state index in [0.717, 1.165) is 17.9 Å². The van der Waals surface area contributed by atoms with Crippen LogP contribution in [0.25, 0.3) is 0 Å². The van der Waals surface area contributed by atoms with Crippen molar-refractivity contribution in [2.24, 2.45) is 0 Å². The third-order valence-corrected chi connectivity index (χ3v) is 2.70. The molecule has 0 aliphatic rings. The smallest absolute Gasteiger partial charge is 0.146 e. The molecular weight excluding hydrogens is 245 g/mol. The first-order valence-corrected chi connectivity index (χ1v) is 6.32. The van der Waals surface area contributed by atoms with Crippen LogP contribution in [0.5, 0.6) is 5.75 Å². The fourth-order valence-electron chi connectivity index (χ4n) is 1.67. The van der Waals surface area contributed by atoms with Gasteiger partial charge < -0.3 is 14.5 Å². The molecule has 0 amide bonds. The van der Waals surface area contributed by atoms with Crippen molar-refractivity contribution in [2.45, 2.75) is 33.0 Å². The summed E-state index contributed by atoms with van der Waals surface area (Å²) in [5.74, 6) is 0.954. The van der Waals surface area contributed by atoms with E-state index in [-0.39, 0.29) is 5.82 Å². The van der Waals surface area contributed by atoms with Gasteiger partial charge in [-0.2, -0.15) is 0 Å². The number of furan rings is 1. The molecule has 0 radical (unpaired) electrons. The van der Waals surface area contributed by atoms with E-state index >= 15 is 0 Å². The Labute approximate surface area is 112 Å². The predicted octanol–water partition coefficient (Wildman–Crippen LogP) is 3.50. The standard InChI is InChI=1S/C15H18FNO2/c1-11(2)17-9-12-6-7-18-15(12)10-19-14-5-3-4-13(16)8-14/h3-8,11,17H,9-10H2,1-2H3. The quantitative estimate of drug-likeness (QED) is 0.866. The Morgan fingerprint density at radius 2 is 2.16 bits per heavy atom. The van der Waals surface area contributed by atoms with Crippen LogP contribution in [0.15, 0.2) is 41.0 Å². The third-order valence-electron chi connectivity index (χ3n) is 2.70. The highest BCUT2D eigenvalue weighted by Crippen LogP contribution is 2.17. The van der Waals surface area contributed by atoms with Crippen molar-refractivity contribution in [3.05, 3.63) is 53.7 Å². The molecule has 0 fully saturated rings. The third kappa shape index (κ3) is 4.10. The summed E-state index contributed by atoms with van der Waals surface area (Å²) in [6.45, 7) is 5.20. The van der Waals surface area contributed by atoms with Crippen molar-refractivity contribution < 1.29 is 13.5 Å². The number of hydrogen-bond donors (Lipinski definition) is 1. The second-order valence-electron chi connectivity index (χ2n) is 4.65. The zero-order chi connectivity index (χ0) is 13.7. The van der Waals surface area contributed by atoms with E-state index in [1.165, 1.54) is 12.1 Å². The Bertz CT molecular complexity index is 522. The molecule has 0 spiro atoms. The minimum absolute atomic E-state index is 0.297. The molecule has 19 heavy (non-hydrogen) atoms. The molecular formula is C15H18FNO2. The number of rotatable bonds is 6. The molecule has 102 valence electrons. The average molecular weight is 263 g/mol. The van der Waals surface area contributed by atoms with Gasteiger partial charge >= 0.3 is 0 Å². The molecule has 1 aromatic heterocycles. The number of halogens is 1. The lowest BCUT2D eigenvalue weighted by molar-refractivity contribution is 0.267. The van der Waals surface area contributed by atoms with Gasteiger partial charge in [0.2, 0.25) is 0 Å². The molecule has 2 aromatic rings. The largest absolute Gasteiger partial charge is 0.486 e. The first-order valence-electron chi connectivity index (χ1n) is 6.32. The number of hydrogen-bond acceptors (Lipinski definition) is 3. The molecule has 1 N–H and O–H groups in total. The molecule has 0 aliphatic heterocycles. The molecule has 0 saturated heterocycles. The van der Waals surface area contributed by atoms with Crippen LogP contribution in [0.4, 0.5) is 4.39 Å². The highest BCUT2D eigenvalue weighted by Gasteiger charge is 2.08. The zero-order valence-corrected chi connectivity index (χ0v) is 11.2. The minimum atomic E-state index is -0.307. The summed E-state index contributed by atoms with van der Waals surface area (Å²) >= 11 is 0. The lowest BCUT2D eigenvalue weighted by Crippen LogP contribution is -2.22. The summed E-state index contributed by atoms with van der Waals surface area (Å²) in [7, 11) is 0. The maximum atomic E-state index is 13.0. The summed E-state index contributed by atoms with van der Waals surface area (Å²) in [5.41, 5.74) is 1.06. The summed E-state index contributed by atoms with van der Waals surface area (Å²) in [4.78, 5) is 0. The van der Waals surface area contributed by atoms with E-state index < -0.39 is 0 Å². The molecule has 4 heteroatoms. The summed E-state index contributed by atoms with van der Waals surface area (Å²) in [5, 5.41) is 3.32. The molecule has 0 aliphatic carbocycles. The van der Waals surface area contributed by atoms with Gasteiger partial charge in [-0.3, -0.25) is 0 Å². The molecule has 0 unspecified atom stereocenters. The number of ether oxygens (including phenoxy) is 1. The van der Waals surface area contributed by atoms with E-state index in [4.69, 9.17) is 9.15 Å². The zero-order valence-electron chi connectivity index (χ0n) is 11.2. The number of nitrogens with one attached hydrogen (secondary N) is 1. The van der Waals surface area contributed by atoms with Crippen molar-refractivity contribution in [1.82, 2.24) is 5.32 Å². The van der Waals surface area contributed by atoms with Gasteiger partial charge in [0, 0.05) is 24.2 Å². The van der Waals surface area contributed by atoms with Crippen LogP contribution in [0, 0.1) is 5.82 Å². The SMILES string of the molecule is CC(C)NCc1ccoc1COc1cccc(F)c1. The van der Waals surface area contributed by atoms with Crippen LogP contribution >= 0.6 is 0 Å². The minimum Gasteiger partial charge on any atom is -0.486 e. The van der Waals surface area contributed by atoms with Gasteiger partial charge in [-0.15, -0.1) is 0 Å². The monoisotopic (exact) mass is 263 g/mol. The van der Waals surface area contributed by atoms with E-state index in [1.54, 1.807) is 18.4 Å². The van der Waals surface area contributed by atoms with Crippen molar-refractivity contribution in [2.75, 3.05) is 0 Å². The van der Waals surface area contributed by atoms with Crippen LogP contribution < -0.4 is 10.1 Å². The van der Waals surface area contributed by atoms with Gasteiger partial charge in [0.1, 0.15) is 23.9 Å². The van der Waals surface area contributed by atoms with Gasteiger partial charge in [-0.05, 0) is 18.2 Å². The summed E-state index contributed by atoms with van der Waals surface area (Å²) in [6.07, 6.45) is 1.64. The lowest BCUT2D eigenvalue weighted by atomic mass is 10.2. The van der Waals surface area contributed by atoms with Crippen LogP contribution in [0.2, 0.25) is 0 Å². The first kappa shape index (κ1) is 13.6. The highest BCUT2D eigenvalue weighted by atomic mass is 19.1. The van der Waals surface area contributed by atoms with E-state index in [0.29, 0.717) is 18.4 Å². The Kier molecular flexibility index (Phi) is 4.58. The summed E-state index contributed by atoms with van der Waals surface area (Å²) < 4.78 is 23.9. The second kappa shape index (κ2) is 6.38. The van der Waals surface area contributed by atoms with Gasteiger partial charge in [-0.25, -0.2) is 4.39 Å². The Morgan fingerprint density at radius 1 is 1.32 bits per heavy atom. The molecule has 0 atom stereocenters. The van der Waals surface area contributed by atoms with Gasteiger partial charge in [0.15, 0.2) is 0 Å². The van der Waals surface area contributed by atoms with Crippen molar-refractivity contribution >= 4 is 0 Å². The Balaban J connectivity index is 1.94. The lowest BCUT2D eigenvalue weighted by Gasteiger charge is -2.09. The topological polar surface area (TPSA) is 34.4 Å². The van der Waals surface area contributed by atoms with E-state index in [1.807, 2.05) is 6.07 Å². The Morgan fingerprint density at radius 3 is 2.89 bits per heavy atom. The van der Waals surface area contributed by atoms with Crippen LogP contribution in [-0.4, -0.2) is 6.04 Å². The molecule has 3 nitrogen and oxygen atoms in total. The first-order chi connectivity index (χ1) is 9.15. The fourth-order valence-corrected chi connectivity index (χ4v) is 1.67. The van der Waals surface area contributed by atoms with Crippen LogP contribution in [0.3, 0.4) is 0 Å². The molecule has 0 saturated carbocycles. The molecule has 0 bridgehead atoms. The van der Waals surface area contributed by atoms with Crippen molar-refractivity contribution in [3.8, 4) is 5.75 Å². The molecule has 1 heterocycles. The van der Waals surface area contributed by atoms with Gasteiger partial charge in [0.25, 0.3) is 0 Å². The molecule has 2 rings (SSSR count). The van der Waals surface area contributed by atoms with Gasteiger partial charge in [-0.1, -0.05) is 19.9 Å². The maximum Gasteiger partial charge on any atom is 0.146 e.